The SMILES string of the molecule is CCOC(=O)CC1=CCCN(Cc2ccccc2)C1(C(=O)OC)C(=O)OC. The Balaban J connectivity index is 2.51. The largest absolute Gasteiger partial charge is 0.467 e. The number of carbonyl (C=O) groups excluding carboxylic acids is 3. The molecule has 2 rings (SSSR count). The first kappa shape index (κ1) is 20.6. The van der Waals surface area contributed by atoms with E-state index in [1.807, 2.05) is 30.3 Å². The zero-order valence-corrected chi connectivity index (χ0v) is 15.9. The molecule has 146 valence electrons. The molecule has 0 aromatic heterocycles. The molecular formula is C20H25NO6. The molecule has 0 aliphatic carbocycles. The third kappa shape index (κ3) is 4.19. The molecule has 0 radical (unpaired) electrons. The summed E-state index contributed by atoms with van der Waals surface area (Å²) in [5, 5.41) is 0. The van der Waals surface area contributed by atoms with Gasteiger partial charge in [-0.25, -0.2) is 9.59 Å². The summed E-state index contributed by atoms with van der Waals surface area (Å²) in [4.78, 5) is 39.6. The van der Waals surface area contributed by atoms with E-state index >= 15 is 0 Å². The lowest BCUT2D eigenvalue weighted by Gasteiger charge is -2.43. The summed E-state index contributed by atoms with van der Waals surface area (Å²) in [5.41, 5.74) is -0.571. The standard InChI is InChI=1S/C20H25NO6/c1-4-27-17(22)13-16-11-8-12-21(14-15-9-6-5-7-10-15)20(16,18(23)25-2)19(24)26-3/h5-7,9-11H,4,8,12-14H2,1-3H3. The van der Waals surface area contributed by atoms with Crippen molar-refractivity contribution in [1.29, 1.82) is 0 Å². The third-order valence-corrected chi connectivity index (χ3v) is 4.55. The molecule has 0 atom stereocenters. The van der Waals surface area contributed by atoms with Gasteiger partial charge in [-0.2, -0.15) is 0 Å². The van der Waals surface area contributed by atoms with Gasteiger partial charge >= 0.3 is 17.9 Å². The van der Waals surface area contributed by atoms with E-state index in [1.54, 1.807) is 17.9 Å². The molecule has 1 aliphatic rings. The number of nitrogens with zero attached hydrogens (tertiary/aromatic N) is 1. The summed E-state index contributed by atoms with van der Waals surface area (Å²) in [6, 6.07) is 9.46. The molecule has 0 bridgehead atoms. The van der Waals surface area contributed by atoms with Gasteiger partial charge in [0.2, 0.25) is 5.54 Å². The Kier molecular flexibility index (Phi) is 7.12. The fraction of sp³-hybridized carbons (Fsp3) is 0.450. The van der Waals surface area contributed by atoms with Crippen molar-refractivity contribution >= 4 is 17.9 Å². The maximum atomic E-state index is 12.9. The van der Waals surface area contributed by atoms with Crippen LogP contribution in [0.4, 0.5) is 0 Å². The first-order valence-corrected chi connectivity index (χ1v) is 8.81. The number of hydrogen-bond donors (Lipinski definition) is 0. The molecule has 0 spiro atoms. The van der Waals surface area contributed by atoms with Crippen molar-refractivity contribution in [2.24, 2.45) is 0 Å². The molecule has 1 heterocycles. The van der Waals surface area contributed by atoms with Crippen LogP contribution in [0.2, 0.25) is 0 Å². The molecular weight excluding hydrogens is 350 g/mol. The highest BCUT2D eigenvalue weighted by Gasteiger charge is 2.57. The van der Waals surface area contributed by atoms with Crippen LogP contribution in [-0.2, 0) is 35.1 Å². The van der Waals surface area contributed by atoms with Crippen LogP contribution >= 0.6 is 0 Å². The fourth-order valence-electron chi connectivity index (χ4n) is 3.38. The zero-order chi connectivity index (χ0) is 19.9. The summed E-state index contributed by atoms with van der Waals surface area (Å²) < 4.78 is 15.0. The molecule has 27 heavy (non-hydrogen) atoms. The summed E-state index contributed by atoms with van der Waals surface area (Å²) >= 11 is 0. The number of hydrogen-bond acceptors (Lipinski definition) is 7. The fourth-order valence-corrected chi connectivity index (χ4v) is 3.38. The molecule has 0 fully saturated rings. The molecule has 1 aliphatic heterocycles. The highest BCUT2D eigenvalue weighted by atomic mass is 16.6. The zero-order valence-electron chi connectivity index (χ0n) is 15.9. The van der Waals surface area contributed by atoms with Crippen molar-refractivity contribution in [3.8, 4) is 0 Å². The Labute approximate surface area is 158 Å². The van der Waals surface area contributed by atoms with Crippen molar-refractivity contribution in [2.45, 2.75) is 31.8 Å². The minimum absolute atomic E-state index is 0.191. The van der Waals surface area contributed by atoms with Crippen molar-refractivity contribution in [2.75, 3.05) is 27.4 Å². The molecule has 0 amide bonds. The van der Waals surface area contributed by atoms with E-state index in [2.05, 4.69) is 0 Å². The predicted octanol–water partition coefficient (Wildman–Crippen LogP) is 1.86. The van der Waals surface area contributed by atoms with Crippen molar-refractivity contribution in [3.63, 3.8) is 0 Å². The number of ether oxygens (including phenoxy) is 3. The molecule has 0 saturated carbocycles. The average molecular weight is 375 g/mol. The summed E-state index contributed by atoms with van der Waals surface area (Å²) in [6.07, 6.45) is 2.12. The number of esters is 3. The second-order valence-corrected chi connectivity index (χ2v) is 6.10. The minimum Gasteiger partial charge on any atom is -0.467 e. The van der Waals surface area contributed by atoms with Crippen molar-refractivity contribution in [1.82, 2.24) is 4.90 Å². The average Bonchev–Trinajstić information content (AvgIpc) is 2.68. The van der Waals surface area contributed by atoms with Gasteiger partial charge in [0.15, 0.2) is 0 Å². The van der Waals surface area contributed by atoms with Gasteiger partial charge in [-0.05, 0) is 24.5 Å². The van der Waals surface area contributed by atoms with Crippen LogP contribution in [0.25, 0.3) is 0 Å². The van der Waals surface area contributed by atoms with E-state index in [4.69, 9.17) is 14.2 Å². The third-order valence-electron chi connectivity index (χ3n) is 4.55. The number of carbonyl (C=O) groups is 3. The normalized spacial score (nSPS) is 16.2. The van der Waals surface area contributed by atoms with Crippen LogP contribution in [0.15, 0.2) is 42.0 Å². The summed E-state index contributed by atoms with van der Waals surface area (Å²) in [6.45, 7) is 2.67. The minimum atomic E-state index is -1.82. The van der Waals surface area contributed by atoms with Gasteiger partial charge in [0.1, 0.15) is 0 Å². The van der Waals surface area contributed by atoms with Gasteiger partial charge in [-0.3, -0.25) is 9.69 Å². The van der Waals surface area contributed by atoms with E-state index in [9.17, 15) is 14.4 Å². The van der Waals surface area contributed by atoms with Crippen LogP contribution in [0.1, 0.15) is 25.3 Å². The second-order valence-electron chi connectivity index (χ2n) is 6.10. The Morgan fingerprint density at radius 2 is 1.70 bits per heavy atom. The lowest BCUT2D eigenvalue weighted by molar-refractivity contribution is -0.170. The Bertz CT molecular complexity index is 696. The topological polar surface area (TPSA) is 82.1 Å². The van der Waals surface area contributed by atoms with E-state index in [-0.39, 0.29) is 13.0 Å². The van der Waals surface area contributed by atoms with E-state index in [0.717, 1.165) is 5.56 Å². The number of benzene rings is 1. The quantitative estimate of drug-likeness (QED) is 0.311. The van der Waals surface area contributed by atoms with Crippen molar-refractivity contribution in [3.05, 3.63) is 47.5 Å². The molecule has 7 heteroatoms. The molecule has 0 N–H and O–H groups in total. The maximum Gasteiger partial charge on any atom is 0.342 e. The van der Waals surface area contributed by atoms with Crippen LogP contribution in [-0.4, -0.2) is 55.7 Å². The van der Waals surface area contributed by atoms with E-state index < -0.39 is 23.4 Å². The lowest BCUT2D eigenvalue weighted by Crippen LogP contribution is -2.63. The molecule has 0 saturated heterocycles. The molecule has 7 nitrogen and oxygen atoms in total. The van der Waals surface area contributed by atoms with Gasteiger partial charge in [0.05, 0.1) is 27.2 Å². The number of methoxy groups -OCH3 is 2. The van der Waals surface area contributed by atoms with Gasteiger partial charge < -0.3 is 14.2 Å². The van der Waals surface area contributed by atoms with Gasteiger partial charge in [-0.15, -0.1) is 0 Å². The predicted molar refractivity (Wildman–Crippen MR) is 97.6 cm³/mol. The van der Waals surface area contributed by atoms with Gasteiger partial charge in [0, 0.05) is 13.1 Å². The van der Waals surface area contributed by atoms with Gasteiger partial charge in [-0.1, -0.05) is 36.4 Å². The van der Waals surface area contributed by atoms with Crippen LogP contribution in [0.3, 0.4) is 0 Å². The Hall–Kier alpha value is -2.67. The van der Waals surface area contributed by atoms with Crippen LogP contribution in [0, 0.1) is 0 Å². The summed E-state index contributed by atoms with van der Waals surface area (Å²) in [5.74, 6) is -2.07. The highest BCUT2D eigenvalue weighted by molar-refractivity contribution is 6.09. The maximum absolute atomic E-state index is 12.9. The monoisotopic (exact) mass is 375 g/mol. The van der Waals surface area contributed by atoms with Crippen LogP contribution < -0.4 is 0 Å². The highest BCUT2D eigenvalue weighted by Crippen LogP contribution is 2.36. The lowest BCUT2D eigenvalue weighted by atomic mass is 9.81. The second kappa shape index (κ2) is 9.32. The first-order chi connectivity index (χ1) is 13.0. The Morgan fingerprint density at radius 1 is 1.07 bits per heavy atom. The molecule has 1 aromatic carbocycles. The smallest absolute Gasteiger partial charge is 0.342 e. The summed E-state index contributed by atoms with van der Waals surface area (Å²) in [7, 11) is 2.43. The first-order valence-electron chi connectivity index (χ1n) is 8.81. The van der Waals surface area contributed by atoms with Crippen LogP contribution in [0.5, 0.6) is 0 Å². The van der Waals surface area contributed by atoms with E-state index in [1.165, 1.54) is 14.2 Å². The Morgan fingerprint density at radius 3 is 2.26 bits per heavy atom. The van der Waals surface area contributed by atoms with Crippen molar-refractivity contribution < 1.29 is 28.6 Å². The van der Waals surface area contributed by atoms with Gasteiger partial charge in [0.25, 0.3) is 0 Å². The number of rotatable bonds is 7. The molecule has 1 aromatic rings. The molecule has 0 unspecified atom stereocenters. The van der Waals surface area contributed by atoms with E-state index in [0.29, 0.717) is 25.1 Å².